The van der Waals surface area contributed by atoms with Crippen molar-refractivity contribution < 1.29 is 14.6 Å². The largest absolute Gasteiger partial charge is 0.478 e. The zero-order valence-electron chi connectivity index (χ0n) is 11.3. The van der Waals surface area contributed by atoms with Gasteiger partial charge in [0.2, 0.25) is 0 Å². The number of benzene rings is 2. The number of hydrogen-bond donors (Lipinski definition) is 1. The van der Waals surface area contributed by atoms with Gasteiger partial charge in [-0.15, -0.1) is 0 Å². The highest BCUT2D eigenvalue weighted by molar-refractivity contribution is 9.10. The van der Waals surface area contributed by atoms with Gasteiger partial charge in [0.1, 0.15) is 0 Å². The van der Waals surface area contributed by atoms with Crippen molar-refractivity contribution in [1.29, 1.82) is 0 Å². The standard InChI is InChI=1S/C17H15BrO3/c18-16-8-4-3-7-15(16)12-21-11-14-6-2-1-5-13(14)9-10-17(19)20/h1-10H,11-12H2,(H,19,20)/b10-9+. The van der Waals surface area contributed by atoms with Crippen LogP contribution >= 0.6 is 15.9 Å². The molecule has 0 unspecified atom stereocenters. The third kappa shape index (κ3) is 4.85. The van der Waals surface area contributed by atoms with Crippen LogP contribution in [0.3, 0.4) is 0 Å². The molecule has 0 aliphatic heterocycles. The molecule has 2 rings (SSSR count). The summed E-state index contributed by atoms with van der Waals surface area (Å²) in [4.78, 5) is 10.6. The van der Waals surface area contributed by atoms with Crippen LogP contribution in [0, 0.1) is 0 Å². The van der Waals surface area contributed by atoms with Crippen LogP contribution in [0.1, 0.15) is 16.7 Å². The fraction of sp³-hybridized carbons (Fsp3) is 0.118. The fourth-order valence-corrected chi connectivity index (χ4v) is 2.27. The van der Waals surface area contributed by atoms with E-state index in [1.807, 2.05) is 48.5 Å². The number of rotatable bonds is 6. The first-order chi connectivity index (χ1) is 10.2. The number of ether oxygens (including phenoxy) is 1. The van der Waals surface area contributed by atoms with Crippen LogP contribution in [0.15, 0.2) is 59.1 Å². The highest BCUT2D eigenvalue weighted by Gasteiger charge is 2.02. The lowest BCUT2D eigenvalue weighted by atomic mass is 10.1. The molecule has 2 aromatic rings. The summed E-state index contributed by atoms with van der Waals surface area (Å²) in [6, 6.07) is 15.5. The summed E-state index contributed by atoms with van der Waals surface area (Å²) in [6.45, 7) is 0.930. The minimum absolute atomic E-state index is 0.432. The van der Waals surface area contributed by atoms with E-state index in [-0.39, 0.29) is 0 Å². The second-order valence-corrected chi connectivity index (χ2v) is 5.31. The molecular formula is C17H15BrO3. The Kier molecular flexibility index (Phi) is 5.72. The molecule has 3 nitrogen and oxygen atoms in total. The van der Waals surface area contributed by atoms with Crippen molar-refractivity contribution in [3.05, 3.63) is 75.8 Å². The molecule has 0 heterocycles. The Morgan fingerprint density at radius 2 is 1.67 bits per heavy atom. The van der Waals surface area contributed by atoms with Crippen LogP contribution in [0.2, 0.25) is 0 Å². The second-order valence-electron chi connectivity index (χ2n) is 4.45. The number of aliphatic carboxylic acids is 1. The Balaban J connectivity index is 2.00. The van der Waals surface area contributed by atoms with Crippen molar-refractivity contribution >= 4 is 28.0 Å². The van der Waals surface area contributed by atoms with Gasteiger partial charge in [0, 0.05) is 10.5 Å². The Morgan fingerprint density at radius 3 is 2.38 bits per heavy atom. The molecule has 21 heavy (non-hydrogen) atoms. The van der Waals surface area contributed by atoms with Gasteiger partial charge in [-0.05, 0) is 28.8 Å². The summed E-state index contributed by atoms with van der Waals surface area (Å²) in [5.41, 5.74) is 2.89. The Bertz CT molecular complexity index is 650. The zero-order valence-corrected chi connectivity index (χ0v) is 12.9. The molecule has 108 valence electrons. The molecule has 0 amide bonds. The molecule has 0 aliphatic carbocycles. The summed E-state index contributed by atoms with van der Waals surface area (Å²) in [5, 5.41) is 8.70. The zero-order chi connectivity index (χ0) is 15.1. The van der Waals surface area contributed by atoms with Crippen molar-refractivity contribution in [2.45, 2.75) is 13.2 Å². The molecule has 0 atom stereocenters. The topological polar surface area (TPSA) is 46.5 Å². The molecule has 0 saturated carbocycles. The van der Waals surface area contributed by atoms with E-state index >= 15 is 0 Å². The molecule has 4 heteroatoms. The van der Waals surface area contributed by atoms with Gasteiger partial charge >= 0.3 is 5.97 Å². The maximum Gasteiger partial charge on any atom is 0.328 e. The van der Waals surface area contributed by atoms with Crippen LogP contribution in [0.25, 0.3) is 6.08 Å². The summed E-state index contributed by atoms with van der Waals surface area (Å²) < 4.78 is 6.74. The maximum absolute atomic E-state index is 10.6. The predicted molar refractivity (Wildman–Crippen MR) is 85.7 cm³/mol. The van der Waals surface area contributed by atoms with Crippen molar-refractivity contribution in [3.8, 4) is 0 Å². The lowest BCUT2D eigenvalue weighted by Gasteiger charge is -2.08. The number of carbonyl (C=O) groups is 1. The van der Waals surface area contributed by atoms with Crippen LogP contribution in [0.5, 0.6) is 0 Å². The highest BCUT2D eigenvalue weighted by Crippen LogP contribution is 2.18. The van der Waals surface area contributed by atoms with Crippen LogP contribution in [-0.2, 0) is 22.7 Å². The summed E-state index contributed by atoms with van der Waals surface area (Å²) in [5.74, 6) is -0.959. The van der Waals surface area contributed by atoms with E-state index in [9.17, 15) is 4.79 Å². The lowest BCUT2D eigenvalue weighted by Crippen LogP contribution is -1.97. The summed E-state index contributed by atoms with van der Waals surface area (Å²) >= 11 is 3.48. The molecule has 0 bridgehead atoms. The van der Waals surface area contributed by atoms with E-state index in [2.05, 4.69) is 15.9 Å². The van der Waals surface area contributed by atoms with Gasteiger partial charge in [0.15, 0.2) is 0 Å². The average molecular weight is 347 g/mol. The minimum Gasteiger partial charge on any atom is -0.478 e. The summed E-state index contributed by atoms with van der Waals surface area (Å²) in [6.07, 6.45) is 2.71. The van der Waals surface area contributed by atoms with Gasteiger partial charge < -0.3 is 9.84 Å². The highest BCUT2D eigenvalue weighted by atomic mass is 79.9. The minimum atomic E-state index is -0.959. The molecule has 0 aromatic heterocycles. The van der Waals surface area contributed by atoms with Gasteiger partial charge in [0.05, 0.1) is 13.2 Å². The molecule has 0 saturated heterocycles. The van der Waals surface area contributed by atoms with Crippen LogP contribution in [-0.4, -0.2) is 11.1 Å². The normalized spacial score (nSPS) is 10.9. The lowest BCUT2D eigenvalue weighted by molar-refractivity contribution is -0.131. The number of halogens is 1. The van der Waals surface area contributed by atoms with Gasteiger partial charge in [-0.2, -0.15) is 0 Å². The Morgan fingerprint density at radius 1 is 1.05 bits per heavy atom. The molecule has 0 aliphatic rings. The maximum atomic E-state index is 10.6. The summed E-state index contributed by atoms with van der Waals surface area (Å²) in [7, 11) is 0. The second kappa shape index (κ2) is 7.76. The number of carboxylic acids is 1. The first-order valence-electron chi connectivity index (χ1n) is 6.47. The average Bonchev–Trinajstić information content (AvgIpc) is 2.48. The number of hydrogen-bond acceptors (Lipinski definition) is 2. The number of carboxylic acid groups (broad SMARTS) is 1. The van der Waals surface area contributed by atoms with Crippen molar-refractivity contribution in [1.82, 2.24) is 0 Å². The van der Waals surface area contributed by atoms with Gasteiger partial charge in [0.25, 0.3) is 0 Å². The van der Waals surface area contributed by atoms with Crippen LogP contribution in [0.4, 0.5) is 0 Å². The van der Waals surface area contributed by atoms with E-state index in [4.69, 9.17) is 9.84 Å². The Labute approximate surface area is 132 Å². The van der Waals surface area contributed by atoms with Crippen molar-refractivity contribution in [2.24, 2.45) is 0 Å². The quantitative estimate of drug-likeness (QED) is 0.794. The van der Waals surface area contributed by atoms with Gasteiger partial charge in [-0.3, -0.25) is 0 Å². The van der Waals surface area contributed by atoms with Crippen molar-refractivity contribution in [2.75, 3.05) is 0 Å². The Hall–Kier alpha value is -1.91. The fourth-order valence-electron chi connectivity index (χ4n) is 1.88. The van der Waals surface area contributed by atoms with E-state index in [1.165, 1.54) is 0 Å². The molecule has 0 fully saturated rings. The molecular weight excluding hydrogens is 332 g/mol. The van der Waals surface area contributed by atoms with Gasteiger partial charge in [-0.1, -0.05) is 58.4 Å². The van der Waals surface area contributed by atoms with E-state index < -0.39 is 5.97 Å². The molecule has 0 spiro atoms. The molecule has 2 aromatic carbocycles. The third-order valence-corrected chi connectivity index (χ3v) is 3.71. The SMILES string of the molecule is O=C(O)/C=C/c1ccccc1COCc1ccccc1Br. The molecule has 0 radical (unpaired) electrons. The smallest absolute Gasteiger partial charge is 0.328 e. The predicted octanol–water partition coefficient (Wildman–Crippen LogP) is 4.26. The van der Waals surface area contributed by atoms with E-state index in [0.717, 1.165) is 27.2 Å². The third-order valence-electron chi connectivity index (χ3n) is 2.93. The molecule has 1 N–H and O–H groups in total. The monoisotopic (exact) mass is 346 g/mol. The van der Waals surface area contributed by atoms with Crippen molar-refractivity contribution in [3.63, 3.8) is 0 Å². The van der Waals surface area contributed by atoms with E-state index in [0.29, 0.717) is 13.2 Å². The first kappa shape index (κ1) is 15.5. The van der Waals surface area contributed by atoms with Gasteiger partial charge in [-0.25, -0.2) is 4.79 Å². The van der Waals surface area contributed by atoms with E-state index in [1.54, 1.807) is 6.08 Å². The first-order valence-corrected chi connectivity index (χ1v) is 7.26. The van der Waals surface area contributed by atoms with Crippen LogP contribution < -0.4 is 0 Å².